The second-order valence-corrected chi connectivity index (χ2v) is 13.1. The summed E-state index contributed by atoms with van der Waals surface area (Å²) in [6.45, 7) is 3.94. The molecule has 0 fully saturated rings. The van der Waals surface area contributed by atoms with Gasteiger partial charge in [-0.2, -0.15) is 0 Å². The molecule has 226 valence electrons. The van der Waals surface area contributed by atoms with Gasteiger partial charge in [0.2, 0.25) is 21.8 Å². The summed E-state index contributed by atoms with van der Waals surface area (Å²) in [5.41, 5.74) is 1.80. The SMILES string of the molecule is COc1ccc(OC)c(N(CC(=O)N(Cc2ccc(Br)cc2)C(Cc2ccccc2)C(=O)NCC(C)C)S(C)(=O)=O)c1. The summed E-state index contributed by atoms with van der Waals surface area (Å²) in [4.78, 5) is 29.4. The topological polar surface area (TPSA) is 105 Å². The van der Waals surface area contributed by atoms with Crippen LogP contribution in [0.2, 0.25) is 0 Å². The number of carbonyl (C=O) groups is 2. The molecule has 1 N–H and O–H groups in total. The van der Waals surface area contributed by atoms with Crippen molar-refractivity contribution in [2.24, 2.45) is 5.92 Å². The number of benzene rings is 3. The highest BCUT2D eigenvalue weighted by Crippen LogP contribution is 2.34. The van der Waals surface area contributed by atoms with Crippen molar-refractivity contribution in [2.75, 3.05) is 37.9 Å². The summed E-state index contributed by atoms with van der Waals surface area (Å²) in [7, 11) is -1.08. The first-order valence-corrected chi connectivity index (χ1v) is 16.1. The Balaban J connectivity index is 2.09. The molecular weight excluding hydrogens is 622 g/mol. The van der Waals surface area contributed by atoms with Crippen LogP contribution >= 0.6 is 15.9 Å². The van der Waals surface area contributed by atoms with E-state index in [4.69, 9.17) is 9.47 Å². The normalized spacial score (nSPS) is 12.0. The summed E-state index contributed by atoms with van der Waals surface area (Å²) in [5.74, 6) is -0.0161. The molecule has 3 aromatic rings. The Bertz CT molecular complexity index is 1450. The van der Waals surface area contributed by atoms with Crippen molar-refractivity contribution in [3.63, 3.8) is 0 Å². The number of nitrogens with one attached hydrogen (secondary N) is 1. The molecule has 1 atom stereocenters. The molecule has 0 aromatic heterocycles. The fraction of sp³-hybridized carbons (Fsp3) is 0.355. The van der Waals surface area contributed by atoms with Crippen LogP contribution in [0.4, 0.5) is 5.69 Å². The van der Waals surface area contributed by atoms with E-state index in [0.717, 1.165) is 26.2 Å². The van der Waals surface area contributed by atoms with Crippen molar-refractivity contribution in [3.8, 4) is 11.5 Å². The molecule has 0 spiro atoms. The van der Waals surface area contributed by atoms with E-state index in [1.54, 1.807) is 12.1 Å². The molecule has 0 aliphatic carbocycles. The lowest BCUT2D eigenvalue weighted by Crippen LogP contribution is -2.53. The van der Waals surface area contributed by atoms with Gasteiger partial charge in [0.05, 0.1) is 26.2 Å². The van der Waals surface area contributed by atoms with Crippen molar-refractivity contribution < 1.29 is 27.5 Å². The molecule has 2 amide bonds. The van der Waals surface area contributed by atoms with Crippen molar-refractivity contribution in [2.45, 2.75) is 32.9 Å². The molecule has 9 nitrogen and oxygen atoms in total. The van der Waals surface area contributed by atoms with Crippen molar-refractivity contribution in [3.05, 3.63) is 88.4 Å². The highest BCUT2D eigenvalue weighted by atomic mass is 79.9. The summed E-state index contributed by atoms with van der Waals surface area (Å²) < 4.78 is 38.8. The van der Waals surface area contributed by atoms with Crippen LogP contribution in [0.5, 0.6) is 11.5 Å². The second-order valence-electron chi connectivity index (χ2n) is 10.3. The molecule has 11 heteroatoms. The Morgan fingerprint density at radius 1 is 0.929 bits per heavy atom. The second kappa shape index (κ2) is 15.1. The summed E-state index contributed by atoms with van der Waals surface area (Å²) >= 11 is 3.44. The Hall–Kier alpha value is -3.57. The molecule has 0 heterocycles. The molecule has 42 heavy (non-hydrogen) atoms. The number of halogens is 1. The molecule has 3 rings (SSSR count). The van der Waals surface area contributed by atoms with Crippen LogP contribution < -0.4 is 19.1 Å². The number of carbonyl (C=O) groups excluding carboxylic acids is 2. The van der Waals surface area contributed by atoms with E-state index >= 15 is 0 Å². The van der Waals surface area contributed by atoms with Crippen LogP contribution in [-0.4, -0.2) is 64.7 Å². The quantitative estimate of drug-likeness (QED) is 0.270. The average Bonchev–Trinajstić information content (AvgIpc) is 2.96. The third kappa shape index (κ3) is 9.22. The standard InChI is InChI=1S/C31H38BrN3O6S/c1-22(2)19-33-31(37)28(17-23-9-7-6-8-10-23)34(20-24-11-13-25(32)14-12-24)30(36)21-35(42(5,38)39)27-18-26(40-3)15-16-29(27)41-4/h6-16,18,22,28H,17,19-21H2,1-5H3,(H,33,37). The molecule has 0 aliphatic heterocycles. The molecule has 0 saturated heterocycles. The number of hydrogen-bond donors (Lipinski definition) is 1. The van der Waals surface area contributed by atoms with Crippen LogP contribution in [-0.2, 0) is 32.6 Å². The zero-order valence-corrected chi connectivity index (χ0v) is 26.9. The molecule has 0 aliphatic rings. The van der Waals surface area contributed by atoms with Gasteiger partial charge in [0.1, 0.15) is 24.1 Å². The molecule has 3 aromatic carbocycles. The number of nitrogens with zero attached hydrogens (tertiary/aromatic N) is 2. The van der Waals surface area contributed by atoms with Gasteiger partial charge in [0.25, 0.3) is 0 Å². The Labute approximate surface area is 257 Å². The number of ether oxygens (including phenoxy) is 2. The van der Waals surface area contributed by atoms with Gasteiger partial charge in [-0.3, -0.25) is 13.9 Å². The van der Waals surface area contributed by atoms with E-state index in [-0.39, 0.29) is 36.2 Å². The fourth-order valence-electron chi connectivity index (χ4n) is 4.35. The van der Waals surface area contributed by atoms with E-state index in [1.165, 1.54) is 25.2 Å². The Kier molecular flexibility index (Phi) is 11.8. The number of sulfonamides is 1. The van der Waals surface area contributed by atoms with E-state index < -0.39 is 28.5 Å². The fourth-order valence-corrected chi connectivity index (χ4v) is 5.46. The third-order valence-corrected chi connectivity index (χ3v) is 8.21. The largest absolute Gasteiger partial charge is 0.497 e. The number of methoxy groups -OCH3 is 2. The van der Waals surface area contributed by atoms with Crippen LogP contribution in [0.25, 0.3) is 0 Å². The summed E-state index contributed by atoms with van der Waals surface area (Å²) in [6, 6.07) is 20.7. The molecular formula is C31H38BrN3O6S. The highest BCUT2D eigenvalue weighted by Gasteiger charge is 2.34. The minimum atomic E-state index is -3.97. The van der Waals surface area contributed by atoms with Crippen LogP contribution in [0, 0.1) is 5.92 Å². The Morgan fingerprint density at radius 2 is 1.60 bits per heavy atom. The molecule has 0 radical (unpaired) electrons. The van der Waals surface area contributed by atoms with Crippen molar-refractivity contribution in [1.82, 2.24) is 10.2 Å². The number of rotatable bonds is 14. The van der Waals surface area contributed by atoms with Crippen molar-refractivity contribution in [1.29, 1.82) is 0 Å². The number of amides is 2. The number of hydrogen-bond acceptors (Lipinski definition) is 6. The third-order valence-electron chi connectivity index (χ3n) is 6.56. The minimum absolute atomic E-state index is 0.0888. The Morgan fingerprint density at radius 3 is 2.17 bits per heavy atom. The first-order valence-electron chi connectivity index (χ1n) is 13.5. The molecule has 0 bridgehead atoms. The van der Waals surface area contributed by atoms with E-state index in [0.29, 0.717) is 12.3 Å². The van der Waals surface area contributed by atoms with Gasteiger partial charge < -0.3 is 19.7 Å². The summed E-state index contributed by atoms with van der Waals surface area (Å²) in [5, 5.41) is 2.97. The van der Waals surface area contributed by atoms with Crippen LogP contribution in [0.15, 0.2) is 77.3 Å². The number of anilines is 1. The zero-order chi connectivity index (χ0) is 30.9. The maximum Gasteiger partial charge on any atom is 0.244 e. The van der Waals surface area contributed by atoms with Gasteiger partial charge in [-0.05, 0) is 41.3 Å². The minimum Gasteiger partial charge on any atom is -0.497 e. The van der Waals surface area contributed by atoms with Crippen molar-refractivity contribution >= 4 is 43.5 Å². The lowest BCUT2D eigenvalue weighted by Gasteiger charge is -2.34. The molecule has 0 saturated carbocycles. The highest BCUT2D eigenvalue weighted by molar-refractivity contribution is 9.10. The zero-order valence-electron chi connectivity index (χ0n) is 24.5. The maximum absolute atomic E-state index is 14.2. The maximum atomic E-state index is 14.2. The van der Waals surface area contributed by atoms with Gasteiger partial charge in [-0.25, -0.2) is 8.42 Å². The van der Waals surface area contributed by atoms with Gasteiger partial charge in [-0.15, -0.1) is 0 Å². The van der Waals surface area contributed by atoms with E-state index in [2.05, 4.69) is 21.2 Å². The smallest absolute Gasteiger partial charge is 0.244 e. The average molecular weight is 661 g/mol. The predicted molar refractivity (Wildman–Crippen MR) is 168 cm³/mol. The lowest BCUT2D eigenvalue weighted by molar-refractivity contribution is -0.140. The van der Waals surface area contributed by atoms with Gasteiger partial charge in [-0.1, -0.05) is 72.2 Å². The van der Waals surface area contributed by atoms with Gasteiger partial charge in [0, 0.05) is 30.0 Å². The van der Waals surface area contributed by atoms with Gasteiger partial charge in [0.15, 0.2) is 0 Å². The monoisotopic (exact) mass is 659 g/mol. The van der Waals surface area contributed by atoms with E-state index in [1.807, 2.05) is 68.4 Å². The van der Waals surface area contributed by atoms with Crippen LogP contribution in [0.3, 0.4) is 0 Å². The van der Waals surface area contributed by atoms with E-state index in [9.17, 15) is 18.0 Å². The van der Waals surface area contributed by atoms with Gasteiger partial charge >= 0.3 is 0 Å². The first kappa shape index (κ1) is 32.9. The lowest BCUT2D eigenvalue weighted by atomic mass is 10.0. The summed E-state index contributed by atoms with van der Waals surface area (Å²) in [6.07, 6.45) is 1.27. The van der Waals surface area contributed by atoms with Crippen LogP contribution in [0.1, 0.15) is 25.0 Å². The predicted octanol–water partition coefficient (Wildman–Crippen LogP) is 4.64. The first-order chi connectivity index (χ1) is 19.9. The molecule has 1 unspecified atom stereocenters.